The number of benzene rings is 1. The third kappa shape index (κ3) is 4.05. The lowest BCUT2D eigenvalue weighted by molar-refractivity contribution is -0.149. The molecule has 0 spiro atoms. The van der Waals surface area contributed by atoms with Crippen LogP contribution in [0.25, 0.3) is 10.6 Å². The molecule has 2 aromatic rings. The number of likely N-dealkylation sites (tertiary alicyclic amines) is 1. The molecule has 0 bridgehead atoms. The number of hydrogen-bond donors (Lipinski definition) is 0. The molecule has 1 aliphatic heterocycles. The summed E-state index contributed by atoms with van der Waals surface area (Å²) in [6, 6.07) is 5.74. The maximum Gasteiger partial charge on any atom is 0.328 e. The first kappa shape index (κ1) is 19.5. The van der Waals surface area contributed by atoms with Crippen molar-refractivity contribution in [1.82, 2.24) is 9.88 Å². The molecular formula is C21H26N2O3S. The highest BCUT2D eigenvalue weighted by Crippen LogP contribution is 2.32. The Kier molecular flexibility index (Phi) is 5.95. The monoisotopic (exact) mass is 386 g/mol. The Morgan fingerprint density at radius 2 is 2.04 bits per heavy atom. The SMILES string of the molecule is CCOC(=O)[C@H]1CCCCN1C(=O)c1sc(-c2ccc(C)cc2C)nc1C. The highest BCUT2D eigenvalue weighted by atomic mass is 32.1. The van der Waals surface area contributed by atoms with Gasteiger partial charge in [0.15, 0.2) is 0 Å². The van der Waals surface area contributed by atoms with Gasteiger partial charge in [-0.1, -0.05) is 23.8 Å². The molecule has 3 rings (SSSR count). The number of carbonyl (C=O) groups excluding carboxylic acids is 2. The summed E-state index contributed by atoms with van der Waals surface area (Å²) in [5.41, 5.74) is 4.11. The van der Waals surface area contributed by atoms with Crippen LogP contribution < -0.4 is 0 Å². The topological polar surface area (TPSA) is 59.5 Å². The molecule has 6 heteroatoms. The molecule has 1 saturated heterocycles. The molecule has 0 radical (unpaired) electrons. The lowest BCUT2D eigenvalue weighted by atomic mass is 10.0. The van der Waals surface area contributed by atoms with Crippen LogP contribution in [0, 0.1) is 20.8 Å². The van der Waals surface area contributed by atoms with E-state index in [1.54, 1.807) is 11.8 Å². The summed E-state index contributed by atoms with van der Waals surface area (Å²) < 4.78 is 5.18. The third-order valence-electron chi connectivity index (χ3n) is 4.93. The number of thiazole rings is 1. The predicted octanol–water partition coefficient (Wildman–Crippen LogP) is 4.29. The summed E-state index contributed by atoms with van der Waals surface area (Å²) in [4.78, 5) is 32.5. The van der Waals surface area contributed by atoms with Crippen molar-refractivity contribution < 1.29 is 14.3 Å². The minimum atomic E-state index is -0.489. The van der Waals surface area contributed by atoms with Crippen molar-refractivity contribution in [1.29, 1.82) is 0 Å². The van der Waals surface area contributed by atoms with E-state index in [1.165, 1.54) is 16.9 Å². The van der Waals surface area contributed by atoms with Crippen molar-refractivity contribution in [2.45, 2.75) is 53.0 Å². The number of ether oxygens (including phenoxy) is 1. The zero-order chi connectivity index (χ0) is 19.6. The Hall–Kier alpha value is -2.21. The summed E-state index contributed by atoms with van der Waals surface area (Å²) in [6.07, 6.45) is 2.50. The third-order valence-corrected chi connectivity index (χ3v) is 6.10. The van der Waals surface area contributed by atoms with E-state index >= 15 is 0 Å². The molecule has 5 nitrogen and oxygen atoms in total. The molecule has 1 aliphatic rings. The molecule has 144 valence electrons. The lowest BCUT2D eigenvalue weighted by Crippen LogP contribution is -2.48. The van der Waals surface area contributed by atoms with Gasteiger partial charge in [-0.2, -0.15) is 0 Å². The van der Waals surface area contributed by atoms with Crippen LogP contribution in [-0.2, 0) is 9.53 Å². The van der Waals surface area contributed by atoms with Gasteiger partial charge in [-0.05, 0) is 52.5 Å². The van der Waals surface area contributed by atoms with E-state index in [4.69, 9.17) is 4.74 Å². The van der Waals surface area contributed by atoms with Crippen molar-refractivity contribution in [2.24, 2.45) is 0 Å². The molecule has 1 aromatic heterocycles. The summed E-state index contributed by atoms with van der Waals surface area (Å²) in [6.45, 7) is 8.68. The molecular weight excluding hydrogens is 360 g/mol. The molecule has 0 saturated carbocycles. The maximum atomic E-state index is 13.2. The van der Waals surface area contributed by atoms with E-state index < -0.39 is 6.04 Å². The minimum Gasteiger partial charge on any atom is -0.464 e. The van der Waals surface area contributed by atoms with Crippen LogP contribution in [0.4, 0.5) is 0 Å². The van der Waals surface area contributed by atoms with Crippen LogP contribution in [0.1, 0.15) is 52.7 Å². The molecule has 27 heavy (non-hydrogen) atoms. The van der Waals surface area contributed by atoms with Crippen LogP contribution >= 0.6 is 11.3 Å². The van der Waals surface area contributed by atoms with Gasteiger partial charge in [0.1, 0.15) is 15.9 Å². The average molecular weight is 387 g/mol. The predicted molar refractivity (Wildman–Crippen MR) is 107 cm³/mol. The van der Waals surface area contributed by atoms with Gasteiger partial charge in [-0.3, -0.25) is 4.79 Å². The normalized spacial score (nSPS) is 17.0. The van der Waals surface area contributed by atoms with E-state index in [-0.39, 0.29) is 11.9 Å². The Bertz CT molecular complexity index is 859. The minimum absolute atomic E-state index is 0.112. The molecule has 0 N–H and O–H groups in total. The molecule has 1 atom stereocenters. The second-order valence-corrected chi connectivity index (χ2v) is 8.01. The highest BCUT2D eigenvalue weighted by Gasteiger charge is 2.35. The molecule has 1 fully saturated rings. The molecule has 0 unspecified atom stereocenters. The van der Waals surface area contributed by atoms with Gasteiger partial charge in [0.05, 0.1) is 12.3 Å². The molecule has 1 aromatic carbocycles. The Labute approximate surface area is 164 Å². The van der Waals surface area contributed by atoms with Gasteiger partial charge in [-0.25, -0.2) is 9.78 Å². The highest BCUT2D eigenvalue weighted by molar-refractivity contribution is 7.17. The summed E-state index contributed by atoms with van der Waals surface area (Å²) in [5.74, 6) is -0.416. The van der Waals surface area contributed by atoms with Crippen molar-refractivity contribution in [3.63, 3.8) is 0 Å². The summed E-state index contributed by atoms with van der Waals surface area (Å²) >= 11 is 1.41. The second kappa shape index (κ2) is 8.21. The van der Waals surface area contributed by atoms with Crippen LogP contribution in [-0.4, -0.2) is 41.0 Å². The number of nitrogens with zero attached hydrogens (tertiary/aromatic N) is 2. The van der Waals surface area contributed by atoms with Crippen molar-refractivity contribution >= 4 is 23.2 Å². The van der Waals surface area contributed by atoms with Gasteiger partial charge in [0.2, 0.25) is 0 Å². The van der Waals surface area contributed by atoms with Crippen LogP contribution in [0.5, 0.6) is 0 Å². The van der Waals surface area contributed by atoms with E-state index in [0.29, 0.717) is 30.1 Å². The largest absolute Gasteiger partial charge is 0.464 e. The van der Waals surface area contributed by atoms with Crippen LogP contribution in [0.15, 0.2) is 18.2 Å². The summed E-state index contributed by atoms with van der Waals surface area (Å²) in [7, 11) is 0. The number of aromatic nitrogens is 1. The Morgan fingerprint density at radius 1 is 1.26 bits per heavy atom. The first-order valence-electron chi connectivity index (χ1n) is 9.45. The number of amides is 1. The zero-order valence-corrected chi connectivity index (χ0v) is 17.2. The fourth-order valence-corrected chi connectivity index (χ4v) is 4.66. The fraction of sp³-hybridized carbons (Fsp3) is 0.476. The van der Waals surface area contributed by atoms with E-state index in [2.05, 4.69) is 37.0 Å². The number of esters is 1. The van der Waals surface area contributed by atoms with Gasteiger partial charge in [-0.15, -0.1) is 11.3 Å². The van der Waals surface area contributed by atoms with E-state index in [0.717, 1.165) is 29.0 Å². The first-order chi connectivity index (χ1) is 12.9. The van der Waals surface area contributed by atoms with Crippen LogP contribution in [0.3, 0.4) is 0 Å². The van der Waals surface area contributed by atoms with Gasteiger partial charge in [0, 0.05) is 12.1 Å². The maximum absolute atomic E-state index is 13.2. The van der Waals surface area contributed by atoms with E-state index in [9.17, 15) is 9.59 Å². The number of hydrogen-bond acceptors (Lipinski definition) is 5. The fourth-order valence-electron chi connectivity index (χ4n) is 3.55. The van der Waals surface area contributed by atoms with Gasteiger partial charge >= 0.3 is 5.97 Å². The number of rotatable bonds is 4. The van der Waals surface area contributed by atoms with Gasteiger partial charge in [0.25, 0.3) is 5.91 Å². The van der Waals surface area contributed by atoms with E-state index in [1.807, 2.05) is 6.92 Å². The standard InChI is InChI=1S/C21H26N2O3S/c1-5-26-21(25)17-8-6-7-11-23(17)20(24)18-15(4)22-19(27-18)16-10-9-13(2)12-14(16)3/h9-10,12,17H,5-8,11H2,1-4H3/t17-/m1/s1. The summed E-state index contributed by atoms with van der Waals surface area (Å²) in [5, 5.41) is 0.845. The number of carbonyl (C=O) groups is 2. The lowest BCUT2D eigenvalue weighted by Gasteiger charge is -2.33. The first-order valence-corrected chi connectivity index (χ1v) is 10.3. The second-order valence-electron chi connectivity index (χ2n) is 7.01. The number of aryl methyl sites for hydroxylation is 3. The Balaban J connectivity index is 1.90. The Morgan fingerprint density at radius 3 is 2.74 bits per heavy atom. The quantitative estimate of drug-likeness (QED) is 0.736. The van der Waals surface area contributed by atoms with Crippen LogP contribution in [0.2, 0.25) is 0 Å². The van der Waals surface area contributed by atoms with Gasteiger partial charge < -0.3 is 9.64 Å². The molecule has 2 heterocycles. The molecule has 0 aliphatic carbocycles. The van der Waals surface area contributed by atoms with Crippen molar-refractivity contribution in [2.75, 3.05) is 13.2 Å². The van der Waals surface area contributed by atoms with Crippen molar-refractivity contribution in [3.05, 3.63) is 39.9 Å². The van der Waals surface area contributed by atoms with Crippen molar-refractivity contribution in [3.8, 4) is 10.6 Å². The molecule has 1 amide bonds. The average Bonchev–Trinajstić information content (AvgIpc) is 3.02. The zero-order valence-electron chi connectivity index (χ0n) is 16.4. The smallest absolute Gasteiger partial charge is 0.328 e. The number of piperidine rings is 1.